The lowest BCUT2D eigenvalue weighted by Gasteiger charge is -2.37. The van der Waals surface area contributed by atoms with E-state index >= 15 is 0 Å². The Hall–Kier alpha value is -1.40. The van der Waals surface area contributed by atoms with Gasteiger partial charge in [0, 0.05) is 12.1 Å². The van der Waals surface area contributed by atoms with Crippen molar-refractivity contribution in [2.75, 3.05) is 0 Å². The van der Waals surface area contributed by atoms with Gasteiger partial charge in [0.25, 0.3) is 0 Å². The molecule has 0 spiro atoms. The minimum Gasteiger partial charge on any atom is -0.478 e. The molecule has 0 bridgehead atoms. The fraction of sp³-hybridized carbons (Fsp3) is 0.533. The second-order valence-electron chi connectivity index (χ2n) is 5.72. The van der Waals surface area contributed by atoms with Gasteiger partial charge in [0.15, 0.2) is 0 Å². The summed E-state index contributed by atoms with van der Waals surface area (Å²) in [5, 5.41) is 8.86. The number of hydrogen-bond acceptors (Lipinski definition) is 3. The van der Waals surface area contributed by atoms with Crippen LogP contribution in [0.3, 0.4) is 0 Å². The maximum atomic E-state index is 12.6. The van der Waals surface area contributed by atoms with Crippen LogP contribution in [-0.4, -0.2) is 35.9 Å². The van der Waals surface area contributed by atoms with E-state index in [2.05, 4.69) is 0 Å². The van der Waals surface area contributed by atoms with Crippen LogP contribution < -0.4 is 0 Å². The molecule has 1 saturated heterocycles. The Bertz CT molecular complexity index is 599. The maximum Gasteiger partial charge on any atom is 0.335 e. The zero-order valence-electron chi connectivity index (χ0n) is 12.3. The van der Waals surface area contributed by atoms with E-state index in [0.717, 1.165) is 19.3 Å². The number of carboxylic acids is 1. The van der Waals surface area contributed by atoms with Gasteiger partial charge in [0.1, 0.15) is 0 Å². The first-order valence-electron chi connectivity index (χ1n) is 7.14. The van der Waals surface area contributed by atoms with Gasteiger partial charge in [-0.2, -0.15) is 4.31 Å². The molecule has 2 rings (SSSR count). The summed E-state index contributed by atoms with van der Waals surface area (Å²) in [5.41, 5.74) is 0.779. The van der Waals surface area contributed by atoms with Crippen molar-refractivity contribution in [3.05, 3.63) is 35.4 Å². The smallest absolute Gasteiger partial charge is 0.335 e. The summed E-state index contributed by atoms with van der Waals surface area (Å²) >= 11 is 0. The number of benzene rings is 1. The second kappa shape index (κ2) is 6.15. The van der Waals surface area contributed by atoms with Gasteiger partial charge in [0.2, 0.25) is 10.0 Å². The number of aromatic carboxylic acids is 1. The van der Waals surface area contributed by atoms with Crippen LogP contribution in [0.1, 0.15) is 49.0 Å². The van der Waals surface area contributed by atoms with Gasteiger partial charge >= 0.3 is 5.97 Å². The maximum absolute atomic E-state index is 12.6. The molecule has 1 N–H and O–H groups in total. The molecule has 116 valence electrons. The van der Waals surface area contributed by atoms with Crippen LogP contribution >= 0.6 is 0 Å². The van der Waals surface area contributed by atoms with E-state index in [-0.39, 0.29) is 23.4 Å². The summed E-state index contributed by atoms with van der Waals surface area (Å²) in [6, 6.07) is 6.07. The number of sulfonamides is 1. The number of carbonyl (C=O) groups is 1. The molecule has 1 aromatic carbocycles. The van der Waals surface area contributed by atoms with E-state index in [4.69, 9.17) is 5.11 Å². The topological polar surface area (TPSA) is 74.7 Å². The van der Waals surface area contributed by atoms with Gasteiger partial charge in [0.05, 0.1) is 11.3 Å². The van der Waals surface area contributed by atoms with Crippen molar-refractivity contribution in [2.24, 2.45) is 0 Å². The molecule has 1 aliphatic rings. The van der Waals surface area contributed by atoms with Crippen LogP contribution in [0.5, 0.6) is 0 Å². The van der Waals surface area contributed by atoms with Crippen LogP contribution in [0.25, 0.3) is 0 Å². The first-order valence-corrected chi connectivity index (χ1v) is 8.75. The van der Waals surface area contributed by atoms with Gasteiger partial charge < -0.3 is 5.11 Å². The third-order valence-electron chi connectivity index (χ3n) is 3.98. The van der Waals surface area contributed by atoms with Crippen LogP contribution in [0.4, 0.5) is 0 Å². The second-order valence-corrected chi connectivity index (χ2v) is 7.59. The Morgan fingerprint density at radius 2 is 1.71 bits per heavy atom. The summed E-state index contributed by atoms with van der Waals surface area (Å²) in [4.78, 5) is 10.8. The molecule has 0 aliphatic carbocycles. The minimum absolute atomic E-state index is 0.0250. The Labute approximate surface area is 125 Å². The lowest BCUT2D eigenvalue weighted by atomic mass is 10.0. The predicted molar refractivity (Wildman–Crippen MR) is 80.6 cm³/mol. The molecule has 0 saturated carbocycles. The number of rotatable bonds is 4. The summed E-state index contributed by atoms with van der Waals surface area (Å²) in [6.45, 7) is 3.89. The van der Waals surface area contributed by atoms with Crippen LogP contribution in [0.2, 0.25) is 0 Å². The van der Waals surface area contributed by atoms with Crippen LogP contribution in [0.15, 0.2) is 24.3 Å². The third-order valence-corrected chi connectivity index (χ3v) is 6.04. The number of hydrogen-bond donors (Lipinski definition) is 1. The van der Waals surface area contributed by atoms with Gasteiger partial charge in [-0.15, -0.1) is 0 Å². The highest BCUT2D eigenvalue weighted by molar-refractivity contribution is 7.88. The highest BCUT2D eigenvalue weighted by Crippen LogP contribution is 2.27. The van der Waals surface area contributed by atoms with E-state index in [9.17, 15) is 13.2 Å². The predicted octanol–water partition coefficient (Wildman–Crippen LogP) is 2.48. The lowest BCUT2D eigenvalue weighted by Crippen LogP contribution is -2.47. The van der Waals surface area contributed by atoms with E-state index in [0.29, 0.717) is 5.56 Å². The number of nitrogens with zero attached hydrogens (tertiary/aromatic N) is 1. The fourth-order valence-electron chi connectivity index (χ4n) is 2.97. The zero-order valence-corrected chi connectivity index (χ0v) is 13.1. The molecule has 6 heteroatoms. The normalized spacial score (nSPS) is 23.9. The van der Waals surface area contributed by atoms with Gasteiger partial charge in [-0.25, -0.2) is 13.2 Å². The van der Waals surface area contributed by atoms with Crippen molar-refractivity contribution in [1.29, 1.82) is 0 Å². The van der Waals surface area contributed by atoms with Gasteiger partial charge in [-0.1, -0.05) is 18.6 Å². The van der Waals surface area contributed by atoms with Crippen molar-refractivity contribution >= 4 is 16.0 Å². The van der Waals surface area contributed by atoms with Crippen molar-refractivity contribution in [3.8, 4) is 0 Å². The van der Waals surface area contributed by atoms with E-state index < -0.39 is 16.0 Å². The van der Waals surface area contributed by atoms with Crippen LogP contribution in [-0.2, 0) is 15.8 Å². The standard InChI is InChI=1S/C15H21NO4S/c1-11-4-3-5-12(2)16(11)21(19,20)10-13-6-8-14(9-7-13)15(17)18/h6-9,11-12H,3-5,10H2,1-2H3,(H,17,18). The summed E-state index contributed by atoms with van der Waals surface area (Å²) in [7, 11) is -3.38. The molecule has 5 nitrogen and oxygen atoms in total. The largest absolute Gasteiger partial charge is 0.478 e. The van der Waals surface area contributed by atoms with Crippen molar-refractivity contribution in [3.63, 3.8) is 0 Å². The molecule has 2 atom stereocenters. The average molecular weight is 311 g/mol. The summed E-state index contributed by atoms with van der Waals surface area (Å²) in [5.74, 6) is -1.09. The van der Waals surface area contributed by atoms with Crippen molar-refractivity contribution < 1.29 is 18.3 Å². The quantitative estimate of drug-likeness (QED) is 0.927. The lowest BCUT2D eigenvalue weighted by molar-refractivity contribution is 0.0697. The van der Waals surface area contributed by atoms with Crippen LogP contribution in [0, 0.1) is 0 Å². The Balaban J connectivity index is 2.18. The van der Waals surface area contributed by atoms with E-state index in [1.165, 1.54) is 12.1 Å². The molecule has 1 fully saturated rings. The van der Waals surface area contributed by atoms with Gasteiger partial charge in [-0.05, 0) is 44.4 Å². The number of piperidine rings is 1. The molecule has 21 heavy (non-hydrogen) atoms. The highest BCUT2D eigenvalue weighted by Gasteiger charge is 2.34. The Morgan fingerprint density at radius 1 is 1.19 bits per heavy atom. The Kier molecular flexibility index (Phi) is 4.68. The molecule has 2 unspecified atom stereocenters. The molecular weight excluding hydrogens is 290 g/mol. The molecule has 1 aromatic rings. The SMILES string of the molecule is CC1CCCC(C)N1S(=O)(=O)Cc1ccc(C(=O)O)cc1. The molecule has 0 amide bonds. The highest BCUT2D eigenvalue weighted by atomic mass is 32.2. The van der Waals surface area contributed by atoms with Crippen molar-refractivity contribution in [2.45, 2.75) is 50.9 Å². The Morgan fingerprint density at radius 3 is 2.19 bits per heavy atom. The first kappa shape index (κ1) is 16.0. The summed E-state index contributed by atoms with van der Waals surface area (Å²) in [6.07, 6.45) is 2.84. The molecule has 1 aliphatic heterocycles. The molecule has 0 radical (unpaired) electrons. The third kappa shape index (κ3) is 3.63. The van der Waals surface area contributed by atoms with E-state index in [1.54, 1.807) is 16.4 Å². The molecular formula is C15H21NO4S. The molecule has 0 aromatic heterocycles. The minimum atomic E-state index is -3.38. The van der Waals surface area contributed by atoms with Crippen molar-refractivity contribution in [1.82, 2.24) is 4.31 Å². The average Bonchev–Trinajstić information content (AvgIpc) is 2.38. The van der Waals surface area contributed by atoms with E-state index in [1.807, 2.05) is 13.8 Å². The fourth-order valence-corrected chi connectivity index (χ4v) is 5.04. The summed E-state index contributed by atoms with van der Waals surface area (Å²) < 4.78 is 26.8. The monoisotopic (exact) mass is 311 g/mol. The zero-order chi connectivity index (χ0) is 15.6. The van der Waals surface area contributed by atoms with Gasteiger partial charge in [-0.3, -0.25) is 0 Å². The first-order chi connectivity index (χ1) is 9.81. The number of carboxylic acid groups (broad SMARTS) is 1. The molecule has 1 heterocycles.